The maximum absolute atomic E-state index is 6.02. The second-order valence-corrected chi connectivity index (χ2v) is 5.79. The molecule has 13 heavy (non-hydrogen) atoms. The summed E-state index contributed by atoms with van der Waals surface area (Å²) in [4.78, 5) is 0. The largest absolute Gasteiger partial charge is 0.329 e. The Bertz CT molecular complexity index is 153. The zero-order valence-electron chi connectivity index (χ0n) is 8.59. The summed E-state index contributed by atoms with van der Waals surface area (Å²) in [6, 6.07) is 0. The van der Waals surface area contributed by atoms with E-state index >= 15 is 0 Å². The van der Waals surface area contributed by atoms with Crippen molar-refractivity contribution in [1.29, 1.82) is 0 Å². The van der Waals surface area contributed by atoms with Gasteiger partial charge in [0.25, 0.3) is 0 Å². The molecule has 2 saturated carbocycles. The molecule has 2 bridgehead atoms. The van der Waals surface area contributed by atoms with Crippen LogP contribution in [-0.2, 0) is 0 Å². The average molecular weight is 199 g/mol. The molecule has 0 atom stereocenters. The maximum Gasteiger partial charge on any atom is 0.0335 e. The Morgan fingerprint density at radius 2 is 1.62 bits per heavy atom. The minimum Gasteiger partial charge on any atom is -0.329 e. The Kier molecular flexibility index (Phi) is 2.89. The summed E-state index contributed by atoms with van der Waals surface area (Å²) < 4.78 is 0.469. The van der Waals surface area contributed by atoms with Gasteiger partial charge in [0, 0.05) is 11.3 Å². The van der Waals surface area contributed by atoms with Gasteiger partial charge in [-0.3, -0.25) is 0 Å². The molecule has 2 heteroatoms. The molecule has 1 nitrogen and oxygen atoms in total. The fraction of sp³-hybridized carbons (Fsp3) is 1.00. The summed E-state index contributed by atoms with van der Waals surface area (Å²) in [7, 11) is 0. The number of thioether (sulfide) groups is 1. The molecule has 0 unspecified atom stereocenters. The Hall–Kier alpha value is 0.310. The lowest BCUT2D eigenvalue weighted by atomic mass is 9.64. The van der Waals surface area contributed by atoms with Gasteiger partial charge in [-0.2, -0.15) is 11.8 Å². The quantitative estimate of drug-likeness (QED) is 0.740. The van der Waals surface area contributed by atoms with E-state index in [1.54, 1.807) is 0 Å². The zero-order valence-corrected chi connectivity index (χ0v) is 9.41. The van der Waals surface area contributed by atoms with Crippen LogP contribution in [-0.4, -0.2) is 17.5 Å². The fourth-order valence-corrected chi connectivity index (χ4v) is 4.88. The number of hydrogen-bond donors (Lipinski definition) is 1. The van der Waals surface area contributed by atoms with E-state index in [0.717, 1.165) is 18.4 Å². The monoisotopic (exact) mass is 199 g/mol. The molecule has 0 aromatic rings. The van der Waals surface area contributed by atoms with Crippen LogP contribution in [0.3, 0.4) is 0 Å². The van der Waals surface area contributed by atoms with Gasteiger partial charge >= 0.3 is 0 Å². The standard InChI is InChI=1S/C11H21NS/c1-13-11(8-12)9-4-2-5-10(11)7-3-6-9/h9-10H,2-8,12H2,1H3. The lowest BCUT2D eigenvalue weighted by molar-refractivity contribution is 0.129. The average Bonchev–Trinajstić information content (AvgIpc) is 2.16. The van der Waals surface area contributed by atoms with E-state index in [0.29, 0.717) is 4.75 Å². The van der Waals surface area contributed by atoms with E-state index in [4.69, 9.17) is 5.73 Å². The molecular weight excluding hydrogens is 178 g/mol. The van der Waals surface area contributed by atoms with Crippen LogP contribution < -0.4 is 5.73 Å². The smallest absolute Gasteiger partial charge is 0.0335 e. The first-order chi connectivity index (χ1) is 6.33. The van der Waals surface area contributed by atoms with E-state index < -0.39 is 0 Å². The van der Waals surface area contributed by atoms with Crippen LogP contribution in [0.1, 0.15) is 38.5 Å². The highest BCUT2D eigenvalue weighted by atomic mass is 32.2. The molecule has 0 radical (unpaired) electrons. The summed E-state index contributed by atoms with van der Waals surface area (Å²) in [5.74, 6) is 1.86. The summed E-state index contributed by atoms with van der Waals surface area (Å²) in [5, 5.41) is 0. The van der Waals surface area contributed by atoms with Gasteiger partial charge in [0.2, 0.25) is 0 Å². The lowest BCUT2D eigenvalue weighted by Crippen LogP contribution is -2.52. The van der Waals surface area contributed by atoms with Crippen molar-refractivity contribution in [3.05, 3.63) is 0 Å². The highest BCUT2D eigenvalue weighted by Crippen LogP contribution is 2.53. The van der Waals surface area contributed by atoms with Gasteiger partial charge in [0.15, 0.2) is 0 Å². The van der Waals surface area contributed by atoms with E-state index in [-0.39, 0.29) is 0 Å². The molecule has 0 amide bonds. The van der Waals surface area contributed by atoms with Gasteiger partial charge in [-0.1, -0.05) is 12.8 Å². The van der Waals surface area contributed by atoms with Gasteiger partial charge in [-0.15, -0.1) is 0 Å². The normalized spacial score (nSPS) is 44.8. The predicted molar refractivity (Wildman–Crippen MR) is 60.0 cm³/mol. The van der Waals surface area contributed by atoms with Crippen LogP contribution in [0, 0.1) is 11.8 Å². The molecule has 2 fully saturated rings. The van der Waals surface area contributed by atoms with Crippen molar-refractivity contribution in [2.45, 2.75) is 43.3 Å². The Balaban J connectivity index is 2.22. The molecule has 0 heterocycles. The molecule has 0 spiro atoms. The molecule has 0 aromatic heterocycles. The van der Waals surface area contributed by atoms with Crippen molar-refractivity contribution < 1.29 is 0 Å². The van der Waals surface area contributed by atoms with Crippen molar-refractivity contribution in [3.63, 3.8) is 0 Å². The maximum atomic E-state index is 6.02. The predicted octanol–water partition coefficient (Wildman–Crippen LogP) is 2.65. The van der Waals surface area contributed by atoms with Gasteiger partial charge in [-0.05, 0) is 43.8 Å². The van der Waals surface area contributed by atoms with Crippen LogP contribution in [0.15, 0.2) is 0 Å². The Morgan fingerprint density at radius 1 is 1.15 bits per heavy atom. The molecule has 2 aliphatic carbocycles. The number of nitrogens with two attached hydrogens (primary N) is 1. The molecule has 0 aliphatic heterocycles. The number of fused-ring (bicyclic) bond motifs is 2. The second-order valence-electron chi connectivity index (χ2n) is 4.62. The third kappa shape index (κ3) is 1.42. The van der Waals surface area contributed by atoms with E-state index in [1.165, 1.54) is 38.5 Å². The second kappa shape index (κ2) is 3.82. The van der Waals surface area contributed by atoms with Gasteiger partial charge in [0.1, 0.15) is 0 Å². The van der Waals surface area contributed by atoms with Crippen molar-refractivity contribution in [3.8, 4) is 0 Å². The number of hydrogen-bond acceptors (Lipinski definition) is 2. The number of rotatable bonds is 2. The van der Waals surface area contributed by atoms with Gasteiger partial charge in [0.05, 0.1) is 0 Å². The highest BCUT2D eigenvalue weighted by molar-refractivity contribution is 8.00. The van der Waals surface area contributed by atoms with E-state index in [9.17, 15) is 0 Å². The zero-order chi connectivity index (χ0) is 9.31. The van der Waals surface area contributed by atoms with Crippen LogP contribution in [0.4, 0.5) is 0 Å². The van der Waals surface area contributed by atoms with Crippen molar-refractivity contribution in [1.82, 2.24) is 0 Å². The molecule has 2 rings (SSSR count). The molecule has 0 aromatic carbocycles. The topological polar surface area (TPSA) is 26.0 Å². The summed E-state index contributed by atoms with van der Waals surface area (Å²) in [6.07, 6.45) is 10.9. The van der Waals surface area contributed by atoms with Crippen LogP contribution >= 0.6 is 11.8 Å². The summed E-state index contributed by atoms with van der Waals surface area (Å²) in [5.41, 5.74) is 6.02. The SMILES string of the molecule is CSC1(CN)C2CCCC1CCC2. The molecule has 0 saturated heterocycles. The first-order valence-corrected chi connectivity index (χ1v) is 6.81. The molecule has 2 aliphatic rings. The van der Waals surface area contributed by atoms with Crippen LogP contribution in [0.2, 0.25) is 0 Å². The fourth-order valence-electron chi connectivity index (χ4n) is 3.57. The van der Waals surface area contributed by atoms with Crippen molar-refractivity contribution in [2.75, 3.05) is 12.8 Å². The minimum absolute atomic E-state index is 0.469. The van der Waals surface area contributed by atoms with Crippen molar-refractivity contribution >= 4 is 11.8 Å². The molecule has 2 N–H and O–H groups in total. The first kappa shape index (κ1) is 9.85. The third-order valence-electron chi connectivity index (χ3n) is 4.29. The molecular formula is C11H21NS. The van der Waals surface area contributed by atoms with E-state index in [2.05, 4.69) is 18.0 Å². The van der Waals surface area contributed by atoms with E-state index in [1.807, 2.05) is 0 Å². The lowest BCUT2D eigenvalue weighted by Gasteiger charge is -2.52. The van der Waals surface area contributed by atoms with Crippen LogP contribution in [0.25, 0.3) is 0 Å². The van der Waals surface area contributed by atoms with Crippen LogP contribution in [0.5, 0.6) is 0 Å². The summed E-state index contributed by atoms with van der Waals surface area (Å²) >= 11 is 2.06. The van der Waals surface area contributed by atoms with Crippen molar-refractivity contribution in [2.24, 2.45) is 17.6 Å². The third-order valence-corrected chi connectivity index (χ3v) is 5.88. The van der Waals surface area contributed by atoms with Gasteiger partial charge < -0.3 is 5.73 Å². The Morgan fingerprint density at radius 3 is 1.85 bits per heavy atom. The Labute approximate surface area is 85.8 Å². The first-order valence-electron chi connectivity index (χ1n) is 5.58. The van der Waals surface area contributed by atoms with Gasteiger partial charge in [-0.25, -0.2) is 0 Å². The minimum atomic E-state index is 0.469. The molecule has 76 valence electrons. The highest BCUT2D eigenvalue weighted by Gasteiger charge is 2.47. The summed E-state index contributed by atoms with van der Waals surface area (Å²) in [6.45, 7) is 0.906.